The first kappa shape index (κ1) is 23.3. The smallest absolute Gasteiger partial charge is 0.347 e. The Kier molecular flexibility index (Phi) is 6.64. The van der Waals surface area contributed by atoms with Gasteiger partial charge in [0.25, 0.3) is 0 Å². The van der Waals surface area contributed by atoms with Crippen molar-refractivity contribution in [3.8, 4) is 34.1 Å². The van der Waals surface area contributed by atoms with Gasteiger partial charge >= 0.3 is 11.9 Å². The van der Waals surface area contributed by atoms with Crippen LogP contribution in [0.25, 0.3) is 22.1 Å². The molecule has 0 aliphatic rings. The Morgan fingerprint density at radius 2 is 1.77 bits per heavy atom. The van der Waals surface area contributed by atoms with Gasteiger partial charge in [-0.05, 0) is 29.8 Å². The van der Waals surface area contributed by atoms with Gasteiger partial charge in [-0.3, -0.25) is 9.59 Å². The molecule has 35 heavy (non-hydrogen) atoms. The summed E-state index contributed by atoms with van der Waals surface area (Å²) in [5, 5.41) is 10.4. The van der Waals surface area contributed by atoms with E-state index in [4.69, 9.17) is 18.6 Å². The Balaban J connectivity index is 1.59. The predicted octanol–water partition coefficient (Wildman–Crippen LogP) is 4.87. The highest BCUT2D eigenvalue weighted by Gasteiger charge is 2.17. The Labute approximate surface area is 199 Å². The van der Waals surface area contributed by atoms with Gasteiger partial charge in [-0.2, -0.15) is 0 Å². The number of fused-ring (bicyclic) bond motifs is 1. The summed E-state index contributed by atoms with van der Waals surface area (Å²) < 4.78 is 21.4. The number of carbonyl (C=O) groups is 2. The van der Waals surface area contributed by atoms with E-state index in [1.807, 2.05) is 0 Å². The Bertz CT molecular complexity index is 1480. The molecule has 1 heterocycles. The molecule has 0 saturated carbocycles. The number of esters is 2. The van der Waals surface area contributed by atoms with Crippen molar-refractivity contribution in [3.05, 3.63) is 95.4 Å². The molecule has 0 amide bonds. The summed E-state index contributed by atoms with van der Waals surface area (Å²) in [4.78, 5) is 36.9. The highest BCUT2D eigenvalue weighted by atomic mass is 16.5. The van der Waals surface area contributed by atoms with Crippen LogP contribution in [0.1, 0.15) is 17.3 Å². The third kappa shape index (κ3) is 5.06. The van der Waals surface area contributed by atoms with Gasteiger partial charge in [0.05, 0.1) is 5.56 Å². The summed E-state index contributed by atoms with van der Waals surface area (Å²) in [5.74, 6) is -0.891. The van der Waals surface area contributed by atoms with Gasteiger partial charge in [0.15, 0.2) is 0 Å². The fraction of sp³-hybridized carbons (Fsp3) is 0.0741. The molecule has 8 heteroatoms. The van der Waals surface area contributed by atoms with E-state index in [1.54, 1.807) is 30.3 Å². The van der Waals surface area contributed by atoms with Crippen molar-refractivity contribution in [2.75, 3.05) is 6.61 Å². The zero-order chi connectivity index (χ0) is 24.9. The molecule has 0 aliphatic heterocycles. The molecule has 3 aromatic carbocycles. The summed E-state index contributed by atoms with van der Waals surface area (Å²) in [5.41, 5.74) is 0.542. The fourth-order valence-electron chi connectivity index (χ4n) is 3.39. The lowest BCUT2D eigenvalue weighted by Crippen LogP contribution is -2.12. The van der Waals surface area contributed by atoms with Crippen LogP contribution in [0.3, 0.4) is 0 Å². The van der Waals surface area contributed by atoms with Gasteiger partial charge in [-0.15, -0.1) is 0 Å². The van der Waals surface area contributed by atoms with E-state index < -0.39 is 17.4 Å². The number of phenolic OH excluding ortho intramolecular Hbond substituents is 1. The molecule has 0 unspecified atom stereocenters. The van der Waals surface area contributed by atoms with E-state index >= 15 is 0 Å². The number of ether oxygens (including phenoxy) is 3. The minimum absolute atomic E-state index is 0.0195. The minimum atomic E-state index is -0.709. The highest BCUT2D eigenvalue weighted by Crippen LogP contribution is 2.31. The number of carbonyl (C=O) groups excluding carboxylic acids is 2. The topological polar surface area (TPSA) is 112 Å². The van der Waals surface area contributed by atoms with Crippen molar-refractivity contribution >= 4 is 22.9 Å². The second-order valence-electron chi connectivity index (χ2n) is 7.40. The van der Waals surface area contributed by atoms with Gasteiger partial charge in [0, 0.05) is 19.1 Å². The maximum absolute atomic E-state index is 13.0. The van der Waals surface area contributed by atoms with E-state index in [-0.39, 0.29) is 46.0 Å². The Morgan fingerprint density at radius 3 is 2.49 bits per heavy atom. The van der Waals surface area contributed by atoms with Gasteiger partial charge in [0.2, 0.25) is 5.43 Å². The van der Waals surface area contributed by atoms with E-state index in [9.17, 15) is 19.5 Å². The molecule has 4 aromatic rings. The molecule has 8 nitrogen and oxygen atoms in total. The van der Waals surface area contributed by atoms with Crippen LogP contribution >= 0.6 is 0 Å². The van der Waals surface area contributed by atoms with Gasteiger partial charge < -0.3 is 23.7 Å². The van der Waals surface area contributed by atoms with E-state index in [0.717, 1.165) is 0 Å². The number of benzene rings is 3. The number of phenols is 1. The lowest BCUT2D eigenvalue weighted by Gasteiger charge is -2.10. The third-order valence-corrected chi connectivity index (χ3v) is 4.93. The standard InChI is InChI=1S/C27H20O8/c1-3-12-32-19-13-22(29)25-24(14-19)33-15-21(26(25)30)17-8-10-18(11-9-17)35-27(31)20-6-4-5-7-23(20)34-16(2)28/h3-11,13-15,29H,1,12H2,2H3. The van der Waals surface area contributed by atoms with Gasteiger partial charge in [-0.25, -0.2) is 4.79 Å². The first-order valence-electron chi connectivity index (χ1n) is 10.5. The number of hydrogen-bond donors (Lipinski definition) is 1. The van der Waals surface area contributed by atoms with Crippen molar-refractivity contribution in [2.24, 2.45) is 0 Å². The SMILES string of the molecule is C=CCOc1cc(O)c2c(=O)c(-c3ccc(OC(=O)c4ccccc4OC(C)=O)cc3)coc2c1. The second-order valence-corrected chi connectivity index (χ2v) is 7.40. The van der Waals surface area contributed by atoms with Crippen molar-refractivity contribution in [3.63, 3.8) is 0 Å². The molecule has 1 aromatic heterocycles. The number of hydrogen-bond acceptors (Lipinski definition) is 8. The summed E-state index contributed by atoms with van der Waals surface area (Å²) in [6.45, 7) is 5.04. The average Bonchev–Trinajstić information content (AvgIpc) is 2.83. The lowest BCUT2D eigenvalue weighted by atomic mass is 10.0. The van der Waals surface area contributed by atoms with Crippen molar-refractivity contribution < 1.29 is 33.3 Å². The van der Waals surface area contributed by atoms with Crippen molar-refractivity contribution in [2.45, 2.75) is 6.92 Å². The highest BCUT2D eigenvalue weighted by molar-refractivity contribution is 5.95. The van der Waals surface area contributed by atoms with Crippen LogP contribution in [-0.2, 0) is 4.79 Å². The number of aromatic hydroxyl groups is 1. The molecule has 176 valence electrons. The molecule has 0 atom stereocenters. The van der Waals surface area contributed by atoms with Crippen LogP contribution in [-0.4, -0.2) is 23.7 Å². The Morgan fingerprint density at radius 1 is 1.03 bits per heavy atom. The van der Waals surface area contributed by atoms with Crippen LogP contribution in [0.4, 0.5) is 0 Å². The van der Waals surface area contributed by atoms with E-state index in [2.05, 4.69) is 6.58 Å². The van der Waals surface area contributed by atoms with E-state index in [0.29, 0.717) is 11.3 Å². The number of para-hydroxylation sites is 1. The van der Waals surface area contributed by atoms with E-state index in [1.165, 1.54) is 49.6 Å². The van der Waals surface area contributed by atoms with Crippen molar-refractivity contribution in [1.29, 1.82) is 0 Å². The molecular weight excluding hydrogens is 452 g/mol. The van der Waals surface area contributed by atoms with Crippen LogP contribution < -0.4 is 19.6 Å². The fourth-order valence-corrected chi connectivity index (χ4v) is 3.39. The normalized spacial score (nSPS) is 10.5. The lowest BCUT2D eigenvalue weighted by molar-refractivity contribution is -0.131. The largest absolute Gasteiger partial charge is 0.507 e. The minimum Gasteiger partial charge on any atom is -0.507 e. The van der Waals surface area contributed by atoms with Crippen LogP contribution in [0.2, 0.25) is 0 Å². The van der Waals surface area contributed by atoms with Crippen LogP contribution in [0, 0.1) is 0 Å². The number of rotatable bonds is 7. The molecule has 1 N–H and O–H groups in total. The average molecular weight is 472 g/mol. The van der Waals surface area contributed by atoms with Gasteiger partial charge in [-0.1, -0.05) is 36.9 Å². The predicted molar refractivity (Wildman–Crippen MR) is 128 cm³/mol. The van der Waals surface area contributed by atoms with Crippen LogP contribution in [0.5, 0.6) is 23.0 Å². The maximum atomic E-state index is 13.0. The summed E-state index contributed by atoms with van der Waals surface area (Å²) in [7, 11) is 0. The quantitative estimate of drug-likeness (QED) is 0.230. The second kappa shape index (κ2) is 9.96. The Hall–Kier alpha value is -4.85. The summed E-state index contributed by atoms with van der Waals surface area (Å²) >= 11 is 0. The summed E-state index contributed by atoms with van der Waals surface area (Å²) in [6.07, 6.45) is 2.85. The van der Waals surface area contributed by atoms with Gasteiger partial charge in [0.1, 0.15) is 52.4 Å². The molecular formula is C27H20O8. The molecule has 4 rings (SSSR count). The third-order valence-electron chi connectivity index (χ3n) is 4.93. The molecule has 0 fully saturated rings. The molecule has 0 bridgehead atoms. The zero-order valence-electron chi connectivity index (χ0n) is 18.6. The zero-order valence-corrected chi connectivity index (χ0v) is 18.6. The van der Waals surface area contributed by atoms with Crippen LogP contribution in [0.15, 0.2) is 88.8 Å². The maximum Gasteiger partial charge on any atom is 0.347 e. The molecule has 0 saturated heterocycles. The monoisotopic (exact) mass is 472 g/mol. The first-order chi connectivity index (χ1) is 16.9. The van der Waals surface area contributed by atoms with Crippen molar-refractivity contribution in [1.82, 2.24) is 0 Å². The first-order valence-corrected chi connectivity index (χ1v) is 10.5. The summed E-state index contributed by atoms with van der Waals surface area (Å²) in [6, 6.07) is 15.3. The molecule has 0 spiro atoms. The molecule has 0 aliphatic carbocycles. The molecule has 0 radical (unpaired) electrons.